The predicted octanol–water partition coefficient (Wildman–Crippen LogP) is 3.49. The molecular formula is C11H16ClN3O2. The van der Waals surface area contributed by atoms with Gasteiger partial charge in [0.1, 0.15) is 11.0 Å². The summed E-state index contributed by atoms with van der Waals surface area (Å²) in [6.45, 7) is 6.22. The SMILES string of the molecule is CCC(C)C(C)Nc1cc([N+](=O)[O-])cc(Cl)n1. The molecule has 0 amide bonds. The maximum atomic E-state index is 10.7. The zero-order valence-electron chi connectivity index (χ0n) is 10.1. The fourth-order valence-corrected chi connectivity index (χ4v) is 1.59. The highest BCUT2D eigenvalue weighted by atomic mass is 35.5. The normalized spacial score (nSPS) is 14.1. The summed E-state index contributed by atoms with van der Waals surface area (Å²) >= 11 is 5.74. The zero-order valence-corrected chi connectivity index (χ0v) is 10.9. The fourth-order valence-electron chi connectivity index (χ4n) is 1.39. The quantitative estimate of drug-likeness (QED) is 0.498. The lowest BCUT2D eigenvalue weighted by molar-refractivity contribution is -0.384. The fraction of sp³-hybridized carbons (Fsp3) is 0.545. The Morgan fingerprint density at radius 1 is 1.53 bits per heavy atom. The molecule has 1 N–H and O–H groups in total. The molecule has 0 saturated carbocycles. The van der Waals surface area contributed by atoms with Gasteiger partial charge in [0, 0.05) is 6.04 Å². The van der Waals surface area contributed by atoms with Crippen LogP contribution in [0.2, 0.25) is 5.15 Å². The maximum Gasteiger partial charge on any atom is 0.276 e. The molecule has 1 aromatic rings. The molecule has 1 heterocycles. The van der Waals surface area contributed by atoms with E-state index in [4.69, 9.17) is 11.6 Å². The lowest BCUT2D eigenvalue weighted by atomic mass is 10.0. The molecule has 0 aliphatic heterocycles. The molecule has 94 valence electrons. The van der Waals surface area contributed by atoms with Crippen molar-refractivity contribution in [3.63, 3.8) is 0 Å². The van der Waals surface area contributed by atoms with Crippen molar-refractivity contribution in [2.45, 2.75) is 33.2 Å². The summed E-state index contributed by atoms with van der Waals surface area (Å²) in [6.07, 6.45) is 1.02. The first kappa shape index (κ1) is 13.7. The Morgan fingerprint density at radius 2 is 2.18 bits per heavy atom. The van der Waals surface area contributed by atoms with Gasteiger partial charge in [0.25, 0.3) is 5.69 Å². The minimum atomic E-state index is -0.480. The highest BCUT2D eigenvalue weighted by Crippen LogP contribution is 2.22. The number of hydrogen-bond acceptors (Lipinski definition) is 4. The zero-order chi connectivity index (χ0) is 13.0. The van der Waals surface area contributed by atoms with Gasteiger partial charge in [-0.25, -0.2) is 4.98 Å². The summed E-state index contributed by atoms with van der Waals surface area (Å²) in [6, 6.07) is 2.82. The van der Waals surface area contributed by atoms with Gasteiger partial charge in [-0.05, 0) is 12.8 Å². The Balaban J connectivity index is 2.87. The molecule has 1 aromatic heterocycles. The van der Waals surface area contributed by atoms with Crippen molar-refractivity contribution in [2.24, 2.45) is 5.92 Å². The summed E-state index contributed by atoms with van der Waals surface area (Å²) in [4.78, 5) is 14.2. The second-order valence-corrected chi connectivity index (χ2v) is 4.50. The Hall–Kier alpha value is -1.36. The Labute approximate surface area is 105 Å². The molecule has 0 radical (unpaired) electrons. The number of pyridine rings is 1. The van der Waals surface area contributed by atoms with Crippen LogP contribution >= 0.6 is 11.6 Å². The molecule has 2 unspecified atom stereocenters. The molecule has 0 bridgehead atoms. The number of anilines is 1. The van der Waals surface area contributed by atoms with Crippen molar-refractivity contribution in [2.75, 3.05) is 5.32 Å². The smallest absolute Gasteiger partial charge is 0.276 e. The topological polar surface area (TPSA) is 68.1 Å². The van der Waals surface area contributed by atoms with Crippen molar-refractivity contribution >= 4 is 23.1 Å². The van der Waals surface area contributed by atoms with Crippen LogP contribution in [0.4, 0.5) is 11.5 Å². The Bertz CT molecular complexity index is 412. The van der Waals surface area contributed by atoms with Crippen LogP contribution in [0.15, 0.2) is 12.1 Å². The first-order valence-electron chi connectivity index (χ1n) is 5.52. The lowest BCUT2D eigenvalue weighted by Crippen LogP contribution is -2.23. The van der Waals surface area contributed by atoms with Crippen LogP contribution in [0.25, 0.3) is 0 Å². The molecule has 17 heavy (non-hydrogen) atoms. The molecule has 0 saturated heterocycles. The number of halogens is 1. The third kappa shape index (κ3) is 3.85. The van der Waals surface area contributed by atoms with E-state index in [1.54, 1.807) is 0 Å². The van der Waals surface area contributed by atoms with E-state index >= 15 is 0 Å². The van der Waals surface area contributed by atoms with Crippen LogP contribution in [0, 0.1) is 16.0 Å². The summed E-state index contributed by atoms with van der Waals surface area (Å²) in [5.74, 6) is 0.895. The lowest BCUT2D eigenvalue weighted by Gasteiger charge is -2.20. The van der Waals surface area contributed by atoms with Gasteiger partial charge in [-0.1, -0.05) is 31.9 Å². The molecule has 0 fully saturated rings. The van der Waals surface area contributed by atoms with E-state index in [0.29, 0.717) is 11.7 Å². The largest absolute Gasteiger partial charge is 0.367 e. The van der Waals surface area contributed by atoms with E-state index in [-0.39, 0.29) is 16.9 Å². The maximum absolute atomic E-state index is 10.7. The second kappa shape index (κ2) is 5.82. The number of nitrogens with zero attached hydrogens (tertiary/aromatic N) is 2. The molecule has 0 aromatic carbocycles. The van der Waals surface area contributed by atoms with Gasteiger partial charge < -0.3 is 5.32 Å². The van der Waals surface area contributed by atoms with Gasteiger partial charge in [-0.3, -0.25) is 10.1 Å². The molecule has 0 aliphatic rings. The average Bonchev–Trinajstić information content (AvgIpc) is 2.26. The molecule has 6 heteroatoms. The van der Waals surface area contributed by atoms with Gasteiger partial charge in [0.05, 0.1) is 17.1 Å². The van der Waals surface area contributed by atoms with Crippen molar-refractivity contribution in [3.8, 4) is 0 Å². The van der Waals surface area contributed by atoms with E-state index in [1.165, 1.54) is 12.1 Å². The highest BCUT2D eigenvalue weighted by molar-refractivity contribution is 6.29. The predicted molar refractivity (Wildman–Crippen MR) is 68.4 cm³/mol. The van der Waals surface area contributed by atoms with Crippen molar-refractivity contribution < 1.29 is 4.92 Å². The van der Waals surface area contributed by atoms with Gasteiger partial charge in [0.2, 0.25) is 0 Å². The van der Waals surface area contributed by atoms with Gasteiger partial charge in [-0.2, -0.15) is 0 Å². The summed E-state index contributed by atoms with van der Waals surface area (Å²) < 4.78 is 0. The van der Waals surface area contributed by atoms with Crippen LogP contribution in [0.3, 0.4) is 0 Å². The minimum Gasteiger partial charge on any atom is -0.367 e. The van der Waals surface area contributed by atoms with Crippen molar-refractivity contribution in [3.05, 3.63) is 27.4 Å². The average molecular weight is 258 g/mol. The second-order valence-electron chi connectivity index (χ2n) is 4.11. The number of nitro groups is 1. The number of aromatic nitrogens is 1. The van der Waals surface area contributed by atoms with Crippen LogP contribution in [-0.4, -0.2) is 15.9 Å². The van der Waals surface area contributed by atoms with E-state index in [2.05, 4.69) is 24.1 Å². The van der Waals surface area contributed by atoms with Gasteiger partial charge in [0.15, 0.2) is 0 Å². The summed E-state index contributed by atoms with van der Waals surface area (Å²) in [7, 11) is 0. The van der Waals surface area contributed by atoms with Crippen LogP contribution in [0.5, 0.6) is 0 Å². The summed E-state index contributed by atoms with van der Waals surface area (Å²) in [5.41, 5.74) is -0.0520. The number of nitrogens with one attached hydrogen (secondary N) is 1. The van der Waals surface area contributed by atoms with Gasteiger partial charge >= 0.3 is 0 Å². The van der Waals surface area contributed by atoms with E-state index in [1.807, 2.05) is 6.92 Å². The van der Waals surface area contributed by atoms with Crippen molar-refractivity contribution in [1.29, 1.82) is 0 Å². The molecule has 0 spiro atoms. The van der Waals surface area contributed by atoms with Crippen LogP contribution in [0.1, 0.15) is 27.2 Å². The standard InChI is InChI=1S/C11H16ClN3O2/c1-4-7(2)8(3)13-11-6-9(15(16)17)5-10(12)14-11/h5-8H,4H2,1-3H3,(H,13,14). The van der Waals surface area contributed by atoms with Gasteiger partial charge in [-0.15, -0.1) is 0 Å². The van der Waals surface area contributed by atoms with E-state index < -0.39 is 4.92 Å². The Kier molecular flexibility index (Phi) is 4.69. The van der Waals surface area contributed by atoms with Crippen molar-refractivity contribution in [1.82, 2.24) is 4.98 Å². The highest BCUT2D eigenvalue weighted by Gasteiger charge is 2.14. The first-order valence-corrected chi connectivity index (χ1v) is 5.90. The molecule has 0 aliphatic carbocycles. The summed E-state index contributed by atoms with van der Waals surface area (Å²) in [5, 5.41) is 13.9. The number of rotatable bonds is 5. The van der Waals surface area contributed by atoms with E-state index in [0.717, 1.165) is 6.42 Å². The monoisotopic (exact) mass is 257 g/mol. The first-order chi connectivity index (χ1) is 7.93. The molecule has 2 atom stereocenters. The molecular weight excluding hydrogens is 242 g/mol. The third-order valence-corrected chi connectivity index (χ3v) is 3.06. The molecule has 5 nitrogen and oxygen atoms in total. The van der Waals surface area contributed by atoms with E-state index in [9.17, 15) is 10.1 Å². The van der Waals surface area contributed by atoms with Crippen LogP contribution in [-0.2, 0) is 0 Å². The van der Waals surface area contributed by atoms with Crippen LogP contribution < -0.4 is 5.32 Å². The Morgan fingerprint density at radius 3 is 2.71 bits per heavy atom. The molecule has 1 rings (SSSR count). The number of hydrogen-bond donors (Lipinski definition) is 1. The minimum absolute atomic E-state index is 0.0520. The third-order valence-electron chi connectivity index (χ3n) is 2.86.